The number of Topliss-reactive ketones (excluding diaryl/α,β-unsaturated/α-hetero) is 1. The topological polar surface area (TPSA) is 119 Å². The van der Waals surface area contributed by atoms with Gasteiger partial charge in [0.15, 0.2) is 5.78 Å². The first-order valence-electron chi connectivity index (χ1n) is 10.9. The number of carbonyl (C=O) groups excluding carboxylic acids is 4. The molecule has 1 saturated heterocycles. The van der Waals surface area contributed by atoms with Crippen LogP contribution in [0.15, 0.2) is 54.6 Å². The van der Waals surface area contributed by atoms with E-state index >= 15 is 0 Å². The summed E-state index contributed by atoms with van der Waals surface area (Å²) in [4.78, 5) is 52.1. The van der Waals surface area contributed by atoms with E-state index in [1.807, 2.05) is 19.9 Å². The lowest BCUT2D eigenvalue weighted by atomic mass is 9.98. The monoisotopic (exact) mass is 451 g/mol. The number of amides is 3. The SMILES string of the molecule is CC(C)CC(C(=O)N[C@@H]1C(=O)CO[C@@H]1C)N(C(=O)c1ccc(C(N)=O)cc1)c1ccccc1. The Morgan fingerprint density at radius 3 is 2.18 bits per heavy atom. The molecule has 8 heteroatoms. The number of nitrogens with one attached hydrogen (secondary N) is 1. The fourth-order valence-electron chi connectivity index (χ4n) is 3.83. The van der Waals surface area contributed by atoms with E-state index in [2.05, 4.69) is 5.32 Å². The number of para-hydroxylation sites is 1. The van der Waals surface area contributed by atoms with Crippen LogP contribution in [-0.4, -0.2) is 48.3 Å². The minimum absolute atomic E-state index is 0.0471. The number of rotatable bonds is 8. The summed E-state index contributed by atoms with van der Waals surface area (Å²) in [6.07, 6.45) is -0.0644. The summed E-state index contributed by atoms with van der Waals surface area (Å²) in [6, 6.07) is 13.3. The smallest absolute Gasteiger partial charge is 0.259 e. The first-order chi connectivity index (χ1) is 15.7. The van der Waals surface area contributed by atoms with Gasteiger partial charge in [0, 0.05) is 16.8 Å². The lowest BCUT2D eigenvalue weighted by molar-refractivity contribution is -0.127. The molecule has 1 aliphatic rings. The molecule has 0 saturated carbocycles. The van der Waals surface area contributed by atoms with Crippen LogP contribution in [0.25, 0.3) is 0 Å². The molecule has 0 radical (unpaired) electrons. The molecule has 174 valence electrons. The molecule has 0 aliphatic carbocycles. The molecule has 3 rings (SSSR count). The summed E-state index contributed by atoms with van der Waals surface area (Å²) in [5, 5.41) is 2.80. The quantitative estimate of drug-likeness (QED) is 0.638. The number of hydrogen-bond acceptors (Lipinski definition) is 5. The van der Waals surface area contributed by atoms with Gasteiger partial charge in [0.2, 0.25) is 11.8 Å². The second kappa shape index (κ2) is 10.4. The van der Waals surface area contributed by atoms with Crippen LogP contribution in [0, 0.1) is 5.92 Å². The summed E-state index contributed by atoms with van der Waals surface area (Å²) >= 11 is 0. The number of nitrogens with zero attached hydrogens (tertiary/aromatic N) is 1. The number of ketones is 1. The van der Waals surface area contributed by atoms with Gasteiger partial charge < -0.3 is 15.8 Å². The number of primary amides is 1. The third-order valence-electron chi connectivity index (χ3n) is 5.58. The van der Waals surface area contributed by atoms with Crippen LogP contribution in [0.1, 0.15) is 47.9 Å². The van der Waals surface area contributed by atoms with Crippen LogP contribution < -0.4 is 16.0 Å². The highest BCUT2D eigenvalue weighted by molar-refractivity contribution is 6.10. The van der Waals surface area contributed by atoms with E-state index in [9.17, 15) is 19.2 Å². The first-order valence-corrected chi connectivity index (χ1v) is 10.9. The molecule has 8 nitrogen and oxygen atoms in total. The zero-order valence-corrected chi connectivity index (χ0v) is 19.0. The number of nitrogens with two attached hydrogens (primary N) is 1. The molecule has 33 heavy (non-hydrogen) atoms. The molecule has 3 amide bonds. The van der Waals surface area contributed by atoms with Crippen LogP contribution in [-0.2, 0) is 14.3 Å². The van der Waals surface area contributed by atoms with Crippen LogP contribution in [0.2, 0.25) is 0 Å². The van der Waals surface area contributed by atoms with E-state index in [1.165, 1.54) is 29.2 Å². The number of carbonyl (C=O) groups is 4. The minimum atomic E-state index is -0.865. The molecule has 3 atom stereocenters. The van der Waals surface area contributed by atoms with E-state index in [-0.39, 0.29) is 23.9 Å². The van der Waals surface area contributed by atoms with Gasteiger partial charge in [-0.2, -0.15) is 0 Å². The third-order valence-corrected chi connectivity index (χ3v) is 5.58. The average Bonchev–Trinajstić information content (AvgIpc) is 3.11. The van der Waals surface area contributed by atoms with E-state index < -0.39 is 35.9 Å². The van der Waals surface area contributed by atoms with Crippen molar-refractivity contribution in [1.82, 2.24) is 5.32 Å². The molecule has 2 aromatic rings. The fourth-order valence-corrected chi connectivity index (χ4v) is 3.83. The van der Waals surface area contributed by atoms with Crippen molar-refractivity contribution in [2.75, 3.05) is 11.5 Å². The second-order valence-corrected chi connectivity index (χ2v) is 8.57. The molecule has 2 aromatic carbocycles. The van der Waals surface area contributed by atoms with Crippen molar-refractivity contribution < 1.29 is 23.9 Å². The third kappa shape index (κ3) is 5.64. The van der Waals surface area contributed by atoms with E-state index in [0.717, 1.165) is 0 Å². The lowest BCUT2D eigenvalue weighted by Crippen LogP contribution is -2.55. The van der Waals surface area contributed by atoms with Gasteiger partial charge in [0.05, 0.1) is 6.10 Å². The average molecular weight is 452 g/mol. The summed E-state index contributed by atoms with van der Waals surface area (Å²) in [6.45, 7) is 5.60. The molecule has 1 heterocycles. The van der Waals surface area contributed by atoms with Crippen molar-refractivity contribution in [3.63, 3.8) is 0 Å². The Morgan fingerprint density at radius 1 is 1.06 bits per heavy atom. The zero-order valence-electron chi connectivity index (χ0n) is 19.0. The summed E-state index contributed by atoms with van der Waals surface area (Å²) in [5.41, 5.74) is 6.44. The molecule has 1 unspecified atom stereocenters. The van der Waals surface area contributed by atoms with E-state index in [1.54, 1.807) is 31.2 Å². The van der Waals surface area contributed by atoms with E-state index in [0.29, 0.717) is 17.7 Å². The van der Waals surface area contributed by atoms with Crippen LogP contribution in [0.4, 0.5) is 5.69 Å². The molecule has 0 spiro atoms. The van der Waals surface area contributed by atoms with Crippen molar-refractivity contribution in [2.24, 2.45) is 11.7 Å². The van der Waals surface area contributed by atoms with Crippen molar-refractivity contribution in [3.8, 4) is 0 Å². The Morgan fingerprint density at radius 2 is 1.67 bits per heavy atom. The highest BCUT2D eigenvalue weighted by Crippen LogP contribution is 2.25. The van der Waals surface area contributed by atoms with Gasteiger partial charge in [-0.25, -0.2) is 0 Å². The van der Waals surface area contributed by atoms with Crippen LogP contribution >= 0.6 is 0 Å². The van der Waals surface area contributed by atoms with Gasteiger partial charge in [-0.3, -0.25) is 24.1 Å². The Kier molecular flexibility index (Phi) is 7.60. The Bertz CT molecular complexity index is 1020. The Hall–Kier alpha value is -3.52. The van der Waals surface area contributed by atoms with Gasteiger partial charge >= 0.3 is 0 Å². The van der Waals surface area contributed by atoms with Crippen molar-refractivity contribution in [3.05, 3.63) is 65.7 Å². The fraction of sp³-hybridized carbons (Fsp3) is 0.360. The number of anilines is 1. The second-order valence-electron chi connectivity index (χ2n) is 8.57. The summed E-state index contributed by atoms with van der Waals surface area (Å²) < 4.78 is 5.35. The maximum absolute atomic E-state index is 13.7. The van der Waals surface area contributed by atoms with Gasteiger partial charge in [0.25, 0.3) is 5.91 Å². The largest absolute Gasteiger partial charge is 0.368 e. The molecule has 1 fully saturated rings. The summed E-state index contributed by atoms with van der Waals surface area (Å²) in [7, 11) is 0. The predicted molar refractivity (Wildman–Crippen MR) is 124 cm³/mol. The molecular formula is C25H29N3O5. The van der Waals surface area contributed by atoms with Gasteiger partial charge in [-0.05, 0) is 55.7 Å². The van der Waals surface area contributed by atoms with Gasteiger partial charge in [0.1, 0.15) is 18.7 Å². The molecule has 1 aliphatic heterocycles. The molecule has 3 N–H and O–H groups in total. The molecular weight excluding hydrogens is 422 g/mol. The molecule has 0 aromatic heterocycles. The predicted octanol–water partition coefficient (Wildman–Crippen LogP) is 2.32. The van der Waals surface area contributed by atoms with E-state index in [4.69, 9.17) is 10.5 Å². The normalized spacial score (nSPS) is 18.7. The molecule has 0 bridgehead atoms. The number of hydrogen-bond donors (Lipinski definition) is 2. The van der Waals surface area contributed by atoms with Crippen molar-refractivity contribution in [1.29, 1.82) is 0 Å². The lowest BCUT2D eigenvalue weighted by Gasteiger charge is -2.33. The summed E-state index contributed by atoms with van der Waals surface area (Å²) in [5.74, 6) is -1.53. The first kappa shape index (κ1) is 24.1. The van der Waals surface area contributed by atoms with Gasteiger partial charge in [-0.1, -0.05) is 32.0 Å². The van der Waals surface area contributed by atoms with Crippen molar-refractivity contribution in [2.45, 2.75) is 45.4 Å². The standard InChI is InChI=1S/C25H29N3O5/c1-15(2)13-20(24(31)27-22-16(3)33-14-21(22)29)28(19-7-5-4-6-8-19)25(32)18-11-9-17(10-12-18)23(26)30/h4-12,15-16,20,22H,13-14H2,1-3H3,(H2,26,30)(H,27,31)/t16-,20?,22+/m1/s1. The van der Waals surface area contributed by atoms with Crippen LogP contribution in [0.3, 0.4) is 0 Å². The highest BCUT2D eigenvalue weighted by Gasteiger charge is 2.38. The van der Waals surface area contributed by atoms with Crippen molar-refractivity contribution >= 4 is 29.2 Å². The Balaban J connectivity index is 1.99. The number of benzene rings is 2. The maximum Gasteiger partial charge on any atom is 0.259 e. The Labute approximate surface area is 193 Å². The van der Waals surface area contributed by atoms with Crippen LogP contribution in [0.5, 0.6) is 0 Å². The zero-order chi connectivity index (χ0) is 24.1. The minimum Gasteiger partial charge on any atom is -0.368 e. The highest BCUT2D eigenvalue weighted by atomic mass is 16.5. The number of ether oxygens (including phenoxy) is 1. The maximum atomic E-state index is 13.7. The van der Waals surface area contributed by atoms with Gasteiger partial charge in [-0.15, -0.1) is 0 Å².